The van der Waals surface area contributed by atoms with Gasteiger partial charge in [0, 0.05) is 19.0 Å². The highest BCUT2D eigenvalue weighted by atomic mass is 16.6. The first-order valence-electron chi connectivity index (χ1n) is 10.5. The lowest BCUT2D eigenvalue weighted by Crippen LogP contribution is -2.41. The number of likely N-dealkylation sites (tertiary alicyclic amines) is 1. The molecule has 1 saturated heterocycles. The summed E-state index contributed by atoms with van der Waals surface area (Å²) in [5, 5.41) is 4.51. The maximum atomic E-state index is 12.6. The van der Waals surface area contributed by atoms with Gasteiger partial charge in [0.05, 0.1) is 24.2 Å². The standard InChI is InChI=1S/C23H31N3O4/c1-6-29-21(27)19-15-24-26(18-9-7-16(2)8-10-18)20(19)17-11-13-25(14-12-17)22(28)30-23(3,4)5/h7-10,15,17H,6,11-14H2,1-5H3. The second-order valence-corrected chi connectivity index (χ2v) is 8.65. The predicted octanol–water partition coefficient (Wildman–Crippen LogP) is 4.47. The molecule has 1 fully saturated rings. The Balaban J connectivity index is 1.85. The molecule has 7 nitrogen and oxygen atoms in total. The molecule has 0 atom stereocenters. The van der Waals surface area contributed by atoms with E-state index in [1.807, 2.05) is 56.6 Å². The molecule has 0 N–H and O–H groups in total. The number of piperidine rings is 1. The van der Waals surface area contributed by atoms with Gasteiger partial charge in [-0.2, -0.15) is 5.10 Å². The van der Waals surface area contributed by atoms with E-state index in [4.69, 9.17) is 9.47 Å². The molecular weight excluding hydrogens is 382 g/mol. The van der Waals surface area contributed by atoms with Crippen LogP contribution in [0.4, 0.5) is 4.79 Å². The van der Waals surface area contributed by atoms with Gasteiger partial charge in [-0.05, 0) is 59.6 Å². The maximum Gasteiger partial charge on any atom is 0.410 e. The van der Waals surface area contributed by atoms with E-state index in [1.165, 1.54) is 0 Å². The molecule has 0 bridgehead atoms. The molecule has 30 heavy (non-hydrogen) atoms. The van der Waals surface area contributed by atoms with Crippen molar-refractivity contribution in [3.63, 3.8) is 0 Å². The van der Waals surface area contributed by atoms with Crippen molar-refractivity contribution in [2.24, 2.45) is 0 Å². The van der Waals surface area contributed by atoms with E-state index >= 15 is 0 Å². The number of esters is 1. The van der Waals surface area contributed by atoms with Gasteiger partial charge in [-0.15, -0.1) is 0 Å². The maximum absolute atomic E-state index is 12.6. The lowest BCUT2D eigenvalue weighted by molar-refractivity contribution is 0.0202. The highest BCUT2D eigenvalue weighted by Crippen LogP contribution is 2.33. The van der Waals surface area contributed by atoms with Gasteiger partial charge in [0.25, 0.3) is 0 Å². The van der Waals surface area contributed by atoms with E-state index in [0.29, 0.717) is 25.3 Å². The Hall–Kier alpha value is -2.83. The SMILES string of the molecule is CCOC(=O)c1cnn(-c2ccc(C)cc2)c1C1CCN(C(=O)OC(C)(C)C)CC1. The molecule has 0 radical (unpaired) electrons. The molecular formula is C23H31N3O4. The summed E-state index contributed by atoms with van der Waals surface area (Å²) in [4.78, 5) is 26.7. The van der Waals surface area contributed by atoms with Crippen molar-refractivity contribution in [1.82, 2.24) is 14.7 Å². The predicted molar refractivity (Wildman–Crippen MR) is 114 cm³/mol. The minimum atomic E-state index is -0.519. The highest BCUT2D eigenvalue weighted by molar-refractivity contribution is 5.90. The molecule has 2 heterocycles. The van der Waals surface area contributed by atoms with Crippen molar-refractivity contribution in [2.45, 2.75) is 59.0 Å². The Labute approximate surface area is 178 Å². The van der Waals surface area contributed by atoms with Gasteiger partial charge >= 0.3 is 12.1 Å². The fraction of sp³-hybridized carbons (Fsp3) is 0.522. The molecule has 1 aromatic heterocycles. The number of nitrogens with zero attached hydrogens (tertiary/aromatic N) is 3. The van der Waals surface area contributed by atoms with Crippen molar-refractivity contribution in [2.75, 3.05) is 19.7 Å². The normalized spacial score (nSPS) is 15.2. The van der Waals surface area contributed by atoms with Crippen LogP contribution in [0.5, 0.6) is 0 Å². The summed E-state index contributed by atoms with van der Waals surface area (Å²) in [6.07, 6.45) is 2.75. The van der Waals surface area contributed by atoms with E-state index in [1.54, 1.807) is 18.0 Å². The second kappa shape index (κ2) is 8.90. The first-order valence-corrected chi connectivity index (χ1v) is 10.5. The Morgan fingerprint density at radius 2 is 1.77 bits per heavy atom. The van der Waals surface area contributed by atoms with Crippen LogP contribution in [-0.4, -0.2) is 52.0 Å². The van der Waals surface area contributed by atoms with Crippen molar-refractivity contribution < 1.29 is 19.1 Å². The van der Waals surface area contributed by atoms with Crippen molar-refractivity contribution in [1.29, 1.82) is 0 Å². The van der Waals surface area contributed by atoms with E-state index < -0.39 is 5.60 Å². The Morgan fingerprint density at radius 1 is 1.13 bits per heavy atom. The Bertz CT molecular complexity index is 888. The van der Waals surface area contributed by atoms with Gasteiger partial charge < -0.3 is 14.4 Å². The minimum Gasteiger partial charge on any atom is -0.462 e. The summed E-state index contributed by atoms with van der Waals surface area (Å²) < 4.78 is 12.6. The van der Waals surface area contributed by atoms with Crippen LogP contribution < -0.4 is 0 Å². The number of carbonyl (C=O) groups is 2. The van der Waals surface area contributed by atoms with Crippen LogP contribution in [-0.2, 0) is 9.47 Å². The second-order valence-electron chi connectivity index (χ2n) is 8.65. The zero-order valence-electron chi connectivity index (χ0n) is 18.5. The van der Waals surface area contributed by atoms with E-state index in [-0.39, 0.29) is 18.0 Å². The molecule has 3 rings (SSSR count). The third-order valence-corrected chi connectivity index (χ3v) is 5.11. The van der Waals surface area contributed by atoms with Gasteiger partial charge in [0.2, 0.25) is 0 Å². The number of amides is 1. The topological polar surface area (TPSA) is 73.7 Å². The summed E-state index contributed by atoms with van der Waals surface area (Å²) in [5.74, 6) is -0.271. The number of carbonyl (C=O) groups excluding carboxylic acids is 2. The number of aromatic nitrogens is 2. The van der Waals surface area contributed by atoms with Gasteiger partial charge in [0.15, 0.2) is 0 Å². The van der Waals surface area contributed by atoms with Crippen LogP contribution in [0.2, 0.25) is 0 Å². The summed E-state index contributed by atoms with van der Waals surface area (Å²) in [5.41, 5.74) is 2.88. The monoisotopic (exact) mass is 413 g/mol. The van der Waals surface area contributed by atoms with Crippen molar-refractivity contribution in [3.05, 3.63) is 47.3 Å². The fourth-order valence-corrected chi connectivity index (χ4v) is 3.67. The third-order valence-electron chi connectivity index (χ3n) is 5.11. The summed E-state index contributed by atoms with van der Waals surface area (Å²) in [6, 6.07) is 8.04. The zero-order chi connectivity index (χ0) is 21.9. The number of ether oxygens (including phenoxy) is 2. The van der Waals surface area contributed by atoms with Crippen LogP contribution in [0.1, 0.15) is 68.1 Å². The molecule has 7 heteroatoms. The number of benzene rings is 1. The molecule has 162 valence electrons. The Kier molecular flexibility index (Phi) is 6.48. The molecule has 1 amide bonds. The van der Waals surface area contributed by atoms with Crippen LogP contribution >= 0.6 is 0 Å². The summed E-state index contributed by atoms with van der Waals surface area (Å²) >= 11 is 0. The first-order chi connectivity index (χ1) is 14.2. The third kappa shape index (κ3) is 5.01. The van der Waals surface area contributed by atoms with E-state index in [9.17, 15) is 9.59 Å². The summed E-state index contributed by atoms with van der Waals surface area (Å²) in [7, 11) is 0. The van der Waals surface area contributed by atoms with Gasteiger partial charge in [0.1, 0.15) is 11.2 Å². The minimum absolute atomic E-state index is 0.0897. The average molecular weight is 414 g/mol. The quantitative estimate of drug-likeness (QED) is 0.692. The van der Waals surface area contributed by atoms with E-state index in [0.717, 1.165) is 29.8 Å². The molecule has 0 spiro atoms. The molecule has 0 aliphatic carbocycles. The van der Waals surface area contributed by atoms with Crippen LogP contribution in [0.3, 0.4) is 0 Å². The lowest BCUT2D eigenvalue weighted by Gasteiger charge is -2.33. The number of hydrogen-bond acceptors (Lipinski definition) is 5. The molecule has 1 aliphatic rings. The van der Waals surface area contributed by atoms with Crippen LogP contribution in [0.15, 0.2) is 30.5 Å². The van der Waals surface area contributed by atoms with Crippen LogP contribution in [0.25, 0.3) is 5.69 Å². The molecule has 1 aliphatic heterocycles. The molecule has 0 unspecified atom stereocenters. The van der Waals surface area contributed by atoms with Gasteiger partial charge in [-0.25, -0.2) is 14.3 Å². The van der Waals surface area contributed by atoms with Gasteiger partial charge in [-0.3, -0.25) is 0 Å². The largest absolute Gasteiger partial charge is 0.462 e. The smallest absolute Gasteiger partial charge is 0.410 e. The Morgan fingerprint density at radius 3 is 2.33 bits per heavy atom. The molecule has 0 saturated carbocycles. The molecule has 2 aromatic rings. The lowest BCUT2D eigenvalue weighted by atomic mass is 9.91. The van der Waals surface area contributed by atoms with Gasteiger partial charge in [-0.1, -0.05) is 17.7 Å². The summed E-state index contributed by atoms with van der Waals surface area (Å²) in [6.45, 7) is 10.9. The number of hydrogen-bond donors (Lipinski definition) is 0. The first kappa shape index (κ1) is 21.9. The average Bonchev–Trinajstić information content (AvgIpc) is 3.13. The van der Waals surface area contributed by atoms with Crippen molar-refractivity contribution >= 4 is 12.1 Å². The fourth-order valence-electron chi connectivity index (χ4n) is 3.67. The molecule has 1 aromatic carbocycles. The zero-order valence-corrected chi connectivity index (χ0v) is 18.5. The highest BCUT2D eigenvalue weighted by Gasteiger charge is 2.32. The number of rotatable bonds is 4. The van der Waals surface area contributed by atoms with Crippen molar-refractivity contribution in [3.8, 4) is 5.69 Å². The van der Waals surface area contributed by atoms with Crippen LogP contribution in [0, 0.1) is 6.92 Å². The van der Waals surface area contributed by atoms with E-state index in [2.05, 4.69) is 5.10 Å². The number of aryl methyl sites for hydroxylation is 1.